The molecule has 10 heteroatoms. The van der Waals surface area contributed by atoms with Crippen molar-refractivity contribution in [3.8, 4) is 17.0 Å². The Hall–Kier alpha value is -2.36. The molecule has 0 saturated heterocycles. The molecule has 0 N–H and O–H groups in total. The molecule has 0 fully saturated rings. The molecule has 2 aromatic rings. The van der Waals surface area contributed by atoms with Crippen LogP contribution in [0.4, 0.5) is 30.7 Å². The van der Waals surface area contributed by atoms with Gasteiger partial charge in [-0.25, -0.2) is 31.3 Å². The first-order chi connectivity index (χ1) is 19.6. The Morgan fingerprint density at radius 3 is 2.34 bits per heavy atom. The molecule has 0 bridgehead atoms. The monoisotopic (exact) mass is 591 g/mol. The number of fused-ring (bicyclic) bond motifs is 1. The number of hydrogen-bond donors (Lipinski definition) is 0. The van der Waals surface area contributed by atoms with E-state index in [0.717, 1.165) is 43.9 Å². The first kappa shape index (κ1) is 33.1. The van der Waals surface area contributed by atoms with Gasteiger partial charge in [0.1, 0.15) is 12.8 Å². The molecule has 0 aliphatic heterocycles. The maximum atomic E-state index is 15.4. The van der Waals surface area contributed by atoms with Gasteiger partial charge < -0.3 is 9.47 Å². The Kier molecular flexibility index (Phi) is 12.7. The van der Waals surface area contributed by atoms with E-state index >= 15 is 17.6 Å². The van der Waals surface area contributed by atoms with Crippen LogP contribution in [0.25, 0.3) is 11.3 Å². The van der Waals surface area contributed by atoms with Crippen LogP contribution in [0.1, 0.15) is 89.2 Å². The number of nitrogens with zero attached hydrogens (tertiary/aromatic N) is 1. The number of rotatable bonds is 17. The SMILES string of the molecule is CCCCCOCCCCCC1CCc2cc(-c3ccc(OCC(F)C(F)CCC)c(F)n3)c(F)c(F)c2C1(F)F. The van der Waals surface area contributed by atoms with E-state index in [2.05, 4.69) is 11.9 Å². The number of benzene rings is 1. The van der Waals surface area contributed by atoms with Gasteiger partial charge in [-0.1, -0.05) is 46.0 Å². The number of ether oxygens (including phenoxy) is 2. The molecule has 3 unspecified atom stereocenters. The first-order valence-corrected chi connectivity index (χ1v) is 14.7. The standard InChI is InChI=1S/C31H40F7NO2/c1-3-5-8-16-40-17-9-6-7-11-21-13-12-20-18-22(28(34)29(35)27(20)31(21,37)38)25-14-15-26(30(36)39-25)41-19-24(33)23(32)10-4-2/h14-15,18,21,23-24H,3-13,16-17,19H2,1-2H3. The van der Waals surface area contributed by atoms with Crippen molar-refractivity contribution in [2.75, 3.05) is 19.8 Å². The molecule has 0 spiro atoms. The molecule has 1 aromatic heterocycles. The van der Waals surface area contributed by atoms with Crippen LogP contribution in [-0.4, -0.2) is 37.1 Å². The summed E-state index contributed by atoms with van der Waals surface area (Å²) in [4.78, 5) is 3.58. The minimum Gasteiger partial charge on any atom is -0.486 e. The third-order valence-corrected chi connectivity index (χ3v) is 7.58. The first-order valence-electron chi connectivity index (χ1n) is 14.7. The molecule has 0 amide bonds. The van der Waals surface area contributed by atoms with Crippen molar-refractivity contribution in [3.63, 3.8) is 0 Å². The van der Waals surface area contributed by atoms with Crippen molar-refractivity contribution >= 4 is 0 Å². The highest BCUT2D eigenvalue weighted by molar-refractivity contribution is 5.63. The van der Waals surface area contributed by atoms with Crippen molar-refractivity contribution < 1.29 is 40.2 Å². The van der Waals surface area contributed by atoms with E-state index < -0.39 is 65.2 Å². The highest BCUT2D eigenvalue weighted by atomic mass is 19.3. The minimum atomic E-state index is -3.56. The number of halogens is 7. The van der Waals surface area contributed by atoms with Crippen LogP contribution in [0.15, 0.2) is 18.2 Å². The van der Waals surface area contributed by atoms with Crippen LogP contribution in [-0.2, 0) is 17.1 Å². The summed E-state index contributed by atoms with van der Waals surface area (Å²) in [6.45, 7) is 4.32. The van der Waals surface area contributed by atoms with Crippen molar-refractivity contribution in [1.29, 1.82) is 0 Å². The predicted molar refractivity (Wildman–Crippen MR) is 144 cm³/mol. The van der Waals surface area contributed by atoms with E-state index in [1.807, 2.05) is 0 Å². The van der Waals surface area contributed by atoms with Crippen LogP contribution >= 0.6 is 0 Å². The lowest BCUT2D eigenvalue weighted by Gasteiger charge is -2.34. The Morgan fingerprint density at radius 2 is 1.66 bits per heavy atom. The molecule has 1 heterocycles. The van der Waals surface area contributed by atoms with Gasteiger partial charge in [0.05, 0.1) is 11.3 Å². The zero-order chi connectivity index (χ0) is 30.0. The van der Waals surface area contributed by atoms with Crippen molar-refractivity contribution in [2.24, 2.45) is 5.92 Å². The molecule has 3 rings (SSSR count). The fourth-order valence-electron chi connectivity index (χ4n) is 5.20. The van der Waals surface area contributed by atoms with Gasteiger partial charge in [0.25, 0.3) is 11.9 Å². The molecule has 230 valence electrons. The number of aromatic nitrogens is 1. The lowest BCUT2D eigenvalue weighted by Crippen LogP contribution is -2.33. The van der Waals surface area contributed by atoms with E-state index in [1.165, 1.54) is 0 Å². The molecular weight excluding hydrogens is 551 g/mol. The largest absolute Gasteiger partial charge is 0.486 e. The number of hydrogen-bond acceptors (Lipinski definition) is 3. The maximum Gasteiger partial charge on any atom is 0.279 e. The molecule has 0 radical (unpaired) electrons. The van der Waals surface area contributed by atoms with Crippen LogP contribution in [0.5, 0.6) is 5.75 Å². The molecule has 3 atom stereocenters. The third kappa shape index (κ3) is 8.58. The van der Waals surface area contributed by atoms with Crippen LogP contribution in [0.2, 0.25) is 0 Å². The van der Waals surface area contributed by atoms with E-state index in [0.29, 0.717) is 32.5 Å². The van der Waals surface area contributed by atoms with Gasteiger partial charge in [-0.2, -0.15) is 4.39 Å². The topological polar surface area (TPSA) is 31.4 Å². The van der Waals surface area contributed by atoms with Crippen LogP contribution in [0, 0.1) is 23.5 Å². The van der Waals surface area contributed by atoms with Crippen LogP contribution < -0.4 is 4.74 Å². The average molecular weight is 592 g/mol. The molecule has 1 aromatic carbocycles. The van der Waals surface area contributed by atoms with Gasteiger partial charge in [0.15, 0.2) is 23.6 Å². The maximum absolute atomic E-state index is 15.4. The highest BCUT2D eigenvalue weighted by Crippen LogP contribution is 2.49. The molecule has 41 heavy (non-hydrogen) atoms. The Bertz CT molecular complexity index is 1110. The summed E-state index contributed by atoms with van der Waals surface area (Å²) in [5, 5.41) is 0. The summed E-state index contributed by atoms with van der Waals surface area (Å²) < 4.78 is 114. The van der Waals surface area contributed by atoms with Gasteiger partial charge in [0, 0.05) is 24.7 Å². The number of unbranched alkanes of at least 4 members (excludes halogenated alkanes) is 4. The lowest BCUT2D eigenvalue weighted by molar-refractivity contribution is -0.0823. The summed E-state index contributed by atoms with van der Waals surface area (Å²) in [5.74, 6) is -9.62. The highest BCUT2D eigenvalue weighted by Gasteiger charge is 2.48. The zero-order valence-corrected chi connectivity index (χ0v) is 23.8. The Morgan fingerprint density at radius 1 is 0.927 bits per heavy atom. The molecule has 1 aliphatic rings. The summed E-state index contributed by atoms with van der Waals surface area (Å²) >= 11 is 0. The van der Waals surface area contributed by atoms with E-state index in [9.17, 15) is 13.2 Å². The van der Waals surface area contributed by atoms with E-state index in [-0.39, 0.29) is 36.9 Å². The minimum absolute atomic E-state index is 0.0121. The fraction of sp³-hybridized carbons (Fsp3) is 0.645. The number of aryl methyl sites for hydroxylation is 1. The van der Waals surface area contributed by atoms with Gasteiger partial charge in [-0.05, 0) is 62.3 Å². The summed E-state index contributed by atoms with van der Waals surface area (Å²) in [7, 11) is 0. The van der Waals surface area contributed by atoms with Gasteiger partial charge in [-0.3, -0.25) is 0 Å². The zero-order valence-electron chi connectivity index (χ0n) is 23.8. The second-order valence-electron chi connectivity index (χ2n) is 10.7. The summed E-state index contributed by atoms with van der Waals surface area (Å²) in [5.41, 5.74) is -1.79. The average Bonchev–Trinajstić information content (AvgIpc) is 2.93. The Balaban J connectivity index is 1.65. The van der Waals surface area contributed by atoms with Crippen molar-refractivity contribution in [3.05, 3.63) is 46.9 Å². The molecule has 1 aliphatic carbocycles. The lowest BCUT2D eigenvalue weighted by atomic mass is 9.77. The van der Waals surface area contributed by atoms with Crippen molar-refractivity contribution in [1.82, 2.24) is 4.98 Å². The summed E-state index contributed by atoms with van der Waals surface area (Å²) in [6, 6.07) is 3.24. The van der Waals surface area contributed by atoms with E-state index in [1.54, 1.807) is 6.92 Å². The van der Waals surface area contributed by atoms with Crippen molar-refractivity contribution in [2.45, 2.75) is 103 Å². The second kappa shape index (κ2) is 15.8. The molecule has 3 nitrogen and oxygen atoms in total. The quantitative estimate of drug-likeness (QED) is 0.104. The number of pyridine rings is 1. The van der Waals surface area contributed by atoms with Gasteiger partial charge >= 0.3 is 0 Å². The molecular formula is C31H40F7NO2. The Labute approximate surface area is 237 Å². The van der Waals surface area contributed by atoms with E-state index in [4.69, 9.17) is 9.47 Å². The fourth-order valence-corrected chi connectivity index (χ4v) is 5.20. The summed E-state index contributed by atoms with van der Waals surface area (Å²) in [6.07, 6.45) is 2.29. The normalized spacial score (nSPS) is 17.7. The van der Waals surface area contributed by atoms with Crippen LogP contribution in [0.3, 0.4) is 0 Å². The smallest absolute Gasteiger partial charge is 0.279 e. The molecule has 0 saturated carbocycles. The van der Waals surface area contributed by atoms with Gasteiger partial charge in [0.2, 0.25) is 0 Å². The number of alkyl halides is 4. The third-order valence-electron chi connectivity index (χ3n) is 7.58. The van der Waals surface area contributed by atoms with Gasteiger partial charge in [-0.15, -0.1) is 0 Å². The predicted octanol–water partition coefficient (Wildman–Crippen LogP) is 9.44. The second-order valence-corrected chi connectivity index (χ2v) is 10.7.